The molecule has 2 heterocycles. The fourth-order valence-electron chi connectivity index (χ4n) is 2.99. The van der Waals surface area contributed by atoms with E-state index >= 15 is 0 Å². The van der Waals surface area contributed by atoms with Crippen molar-refractivity contribution >= 4 is 29.2 Å². The fraction of sp³-hybridized carbons (Fsp3) is 0.389. The summed E-state index contributed by atoms with van der Waals surface area (Å²) in [6.07, 6.45) is 4.78. The number of hydrogen-bond donors (Lipinski definition) is 1. The van der Waals surface area contributed by atoms with E-state index in [0.717, 1.165) is 41.4 Å². The minimum absolute atomic E-state index is 0.221. The van der Waals surface area contributed by atoms with E-state index in [0.29, 0.717) is 19.4 Å². The van der Waals surface area contributed by atoms with Gasteiger partial charge >= 0.3 is 0 Å². The Hall–Kier alpha value is -2.14. The van der Waals surface area contributed by atoms with Crippen molar-refractivity contribution in [3.8, 4) is 0 Å². The Morgan fingerprint density at radius 3 is 2.88 bits per heavy atom. The van der Waals surface area contributed by atoms with Crippen LogP contribution in [0.5, 0.6) is 0 Å². The van der Waals surface area contributed by atoms with Crippen LogP contribution in [0.3, 0.4) is 0 Å². The molecule has 0 aliphatic carbocycles. The third-order valence-electron chi connectivity index (χ3n) is 4.32. The second kappa shape index (κ2) is 7.18. The Balaban J connectivity index is 1.92. The molecule has 6 heteroatoms. The first-order valence-corrected chi connectivity index (χ1v) is 8.60. The van der Waals surface area contributed by atoms with Crippen LogP contribution in [0.1, 0.15) is 36.5 Å². The molecule has 2 N–H and O–H groups in total. The van der Waals surface area contributed by atoms with E-state index in [1.165, 1.54) is 5.56 Å². The van der Waals surface area contributed by atoms with Crippen molar-refractivity contribution in [1.29, 1.82) is 0 Å². The van der Waals surface area contributed by atoms with E-state index in [4.69, 9.17) is 17.3 Å². The monoisotopic (exact) mass is 344 g/mol. The Morgan fingerprint density at radius 2 is 2.17 bits per heavy atom. The third kappa shape index (κ3) is 3.67. The van der Waals surface area contributed by atoms with Gasteiger partial charge in [-0.2, -0.15) is 4.98 Å². The maximum atomic E-state index is 11.8. The number of nitrogen functional groups attached to an aromatic ring is 1. The van der Waals surface area contributed by atoms with Crippen LogP contribution in [0.4, 0.5) is 11.8 Å². The normalized spacial score (nSPS) is 14.9. The molecule has 0 radical (unpaired) electrons. The zero-order valence-corrected chi connectivity index (χ0v) is 14.5. The Labute approximate surface area is 146 Å². The van der Waals surface area contributed by atoms with Crippen LogP contribution in [0, 0.1) is 0 Å². The van der Waals surface area contributed by atoms with Gasteiger partial charge in [0.25, 0.3) is 0 Å². The van der Waals surface area contributed by atoms with Gasteiger partial charge in [-0.25, -0.2) is 4.98 Å². The summed E-state index contributed by atoms with van der Waals surface area (Å²) < 4.78 is 0. The van der Waals surface area contributed by atoms with Crippen LogP contribution in [0.15, 0.2) is 24.4 Å². The minimum atomic E-state index is 0.221. The quantitative estimate of drug-likeness (QED) is 0.923. The highest BCUT2D eigenvalue weighted by atomic mass is 35.5. The fourth-order valence-corrected chi connectivity index (χ4v) is 3.26. The van der Waals surface area contributed by atoms with Crippen molar-refractivity contribution in [2.75, 3.05) is 23.7 Å². The SMILES string of the molecule is CCc1ccc(Cc2cnc(N)nc2N2CCCC(=O)C2)c(Cl)c1. The smallest absolute Gasteiger partial charge is 0.221 e. The van der Waals surface area contributed by atoms with Crippen LogP contribution < -0.4 is 10.6 Å². The molecule has 0 atom stereocenters. The lowest BCUT2D eigenvalue weighted by atomic mass is 10.0. The van der Waals surface area contributed by atoms with Crippen molar-refractivity contribution in [2.24, 2.45) is 0 Å². The van der Waals surface area contributed by atoms with Gasteiger partial charge in [0, 0.05) is 36.2 Å². The van der Waals surface area contributed by atoms with Crippen LogP contribution in [0.25, 0.3) is 0 Å². The largest absolute Gasteiger partial charge is 0.368 e. The molecule has 1 aliphatic rings. The van der Waals surface area contributed by atoms with Crippen LogP contribution in [-0.4, -0.2) is 28.8 Å². The summed E-state index contributed by atoms with van der Waals surface area (Å²) in [5.74, 6) is 1.19. The van der Waals surface area contributed by atoms with Crippen LogP contribution in [0.2, 0.25) is 5.02 Å². The lowest BCUT2D eigenvalue weighted by Gasteiger charge is -2.28. The molecule has 1 aromatic carbocycles. The van der Waals surface area contributed by atoms with Crippen molar-refractivity contribution in [2.45, 2.75) is 32.6 Å². The molecule has 1 fully saturated rings. The second-order valence-electron chi connectivity index (χ2n) is 6.10. The van der Waals surface area contributed by atoms with Crippen LogP contribution >= 0.6 is 11.6 Å². The molecule has 0 bridgehead atoms. The standard InChI is InChI=1S/C18H21ClN4O/c1-2-12-5-6-13(16(19)8-12)9-14-10-21-18(20)22-17(14)23-7-3-4-15(24)11-23/h5-6,8,10H,2-4,7,9,11H2,1H3,(H2,20,21,22). The predicted molar refractivity (Wildman–Crippen MR) is 96.5 cm³/mol. The lowest BCUT2D eigenvalue weighted by molar-refractivity contribution is -0.118. The number of hydrogen-bond acceptors (Lipinski definition) is 5. The molecule has 0 amide bonds. The van der Waals surface area contributed by atoms with Gasteiger partial charge < -0.3 is 10.6 Å². The van der Waals surface area contributed by atoms with Gasteiger partial charge in [-0.15, -0.1) is 0 Å². The average molecular weight is 345 g/mol. The van der Waals surface area contributed by atoms with Gasteiger partial charge in [-0.05, 0) is 30.0 Å². The highest BCUT2D eigenvalue weighted by Gasteiger charge is 2.21. The third-order valence-corrected chi connectivity index (χ3v) is 4.67. The number of ketones is 1. The molecule has 5 nitrogen and oxygen atoms in total. The van der Waals surface area contributed by atoms with Gasteiger partial charge in [0.05, 0.1) is 6.54 Å². The summed E-state index contributed by atoms with van der Waals surface area (Å²) in [7, 11) is 0. The molecule has 3 rings (SSSR count). The first-order chi connectivity index (χ1) is 11.6. The van der Waals surface area contributed by atoms with Crippen molar-refractivity contribution in [1.82, 2.24) is 9.97 Å². The van der Waals surface area contributed by atoms with Gasteiger partial charge in [0.1, 0.15) is 5.82 Å². The summed E-state index contributed by atoms with van der Waals surface area (Å²) in [6.45, 7) is 3.29. The number of halogens is 1. The number of nitrogens with zero attached hydrogens (tertiary/aromatic N) is 3. The zero-order valence-electron chi connectivity index (χ0n) is 13.8. The van der Waals surface area contributed by atoms with Crippen molar-refractivity contribution in [3.63, 3.8) is 0 Å². The maximum absolute atomic E-state index is 11.8. The first-order valence-electron chi connectivity index (χ1n) is 8.22. The molecule has 1 saturated heterocycles. The number of benzene rings is 1. The Morgan fingerprint density at radius 1 is 1.33 bits per heavy atom. The number of nitrogens with two attached hydrogens (primary N) is 1. The molecular formula is C18H21ClN4O. The maximum Gasteiger partial charge on any atom is 0.221 e. The Bertz CT molecular complexity index is 763. The molecule has 1 aliphatic heterocycles. The molecule has 0 saturated carbocycles. The van der Waals surface area contributed by atoms with E-state index in [1.807, 2.05) is 17.0 Å². The average Bonchev–Trinajstić information content (AvgIpc) is 2.58. The van der Waals surface area contributed by atoms with Gasteiger partial charge in [-0.3, -0.25) is 4.79 Å². The number of carbonyl (C=O) groups is 1. The second-order valence-corrected chi connectivity index (χ2v) is 6.50. The molecular weight excluding hydrogens is 324 g/mol. The Kier molecular flexibility index (Phi) is 5.00. The molecule has 1 aromatic heterocycles. The lowest BCUT2D eigenvalue weighted by Crippen LogP contribution is -2.37. The topological polar surface area (TPSA) is 72.1 Å². The molecule has 0 unspecified atom stereocenters. The highest BCUT2D eigenvalue weighted by molar-refractivity contribution is 6.31. The van der Waals surface area contributed by atoms with E-state index in [9.17, 15) is 4.79 Å². The number of rotatable bonds is 4. The van der Waals surface area contributed by atoms with E-state index in [-0.39, 0.29) is 11.7 Å². The summed E-state index contributed by atoms with van der Waals surface area (Å²) >= 11 is 6.42. The molecule has 0 spiro atoms. The van der Waals surface area contributed by atoms with E-state index in [1.54, 1.807) is 6.20 Å². The zero-order chi connectivity index (χ0) is 17.1. The van der Waals surface area contributed by atoms with Gasteiger partial charge in [0.2, 0.25) is 5.95 Å². The highest BCUT2D eigenvalue weighted by Crippen LogP contribution is 2.27. The summed E-state index contributed by atoms with van der Waals surface area (Å²) in [5, 5.41) is 0.742. The van der Waals surface area contributed by atoms with Crippen molar-refractivity contribution in [3.05, 3.63) is 46.1 Å². The summed E-state index contributed by atoms with van der Waals surface area (Å²) in [5.41, 5.74) is 8.93. The predicted octanol–water partition coefficient (Wildman–Crippen LogP) is 3.03. The molecule has 126 valence electrons. The number of aryl methyl sites for hydroxylation is 1. The number of piperidine rings is 1. The number of anilines is 2. The number of carbonyl (C=O) groups excluding carboxylic acids is 1. The van der Waals surface area contributed by atoms with E-state index < -0.39 is 0 Å². The van der Waals surface area contributed by atoms with Gasteiger partial charge in [0.15, 0.2) is 5.78 Å². The molecule has 24 heavy (non-hydrogen) atoms. The number of Topliss-reactive ketones (excluding diaryl/α,β-unsaturated/α-hetero) is 1. The first kappa shape index (κ1) is 16.7. The minimum Gasteiger partial charge on any atom is -0.368 e. The van der Waals surface area contributed by atoms with Crippen LogP contribution in [-0.2, 0) is 17.6 Å². The number of aromatic nitrogens is 2. The molecule has 2 aromatic rings. The summed E-state index contributed by atoms with van der Waals surface area (Å²) in [4.78, 5) is 22.3. The van der Waals surface area contributed by atoms with Gasteiger partial charge in [-0.1, -0.05) is 30.7 Å². The summed E-state index contributed by atoms with van der Waals surface area (Å²) in [6, 6.07) is 6.13. The van der Waals surface area contributed by atoms with Crippen molar-refractivity contribution < 1.29 is 4.79 Å². The van der Waals surface area contributed by atoms with E-state index in [2.05, 4.69) is 23.0 Å².